The topological polar surface area (TPSA) is 49.8 Å². The average molecular weight is 250 g/mol. The second kappa shape index (κ2) is 3.60. The number of ether oxygens (including phenoxy) is 1. The van der Waals surface area contributed by atoms with Gasteiger partial charge >= 0.3 is 5.97 Å². The third-order valence-electron chi connectivity index (χ3n) is 5.84. The molecule has 1 aliphatic heterocycles. The second-order valence-corrected chi connectivity index (χ2v) is 6.84. The average Bonchev–Trinajstić information content (AvgIpc) is 2.99. The van der Waals surface area contributed by atoms with E-state index in [1.54, 1.807) is 0 Å². The molecule has 0 amide bonds. The van der Waals surface area contributed by atoms with Crippen LogP contribution < -0.4 is 0 Å². The minimum Gasteiger partial charge on any atom is -0.478 e. The number of rotatable bonds is 2. The van der Waals surface area contributed by atoms with Crippen molar-refractivity contribution in [1.82, 2.24) is 0 Å². The highest BCUT2D eigenvalue weighted by molar-refractivity contribution is 5.86. The normalized spacial score (nSPS) is 50.0. The van der Waals surface area contributed by atoms with Crippen LogP contribution in [0.4, 0.5) is 0 Å². The van der Waals surface area contributed by atoms with Gasteiger partial charge in [-0.1, -0.05) is 13.5 Å². The van der Waals surface area contributed by atoms with Crippen molar-refractivity contribution in [1.29, 1.82) is 0 Å². The monoisotopic (exact) mass is 250 g/mol. The van der Waals surface area contributed by atoms with E-state index in [4.69, 9.17) is 9.84 Å². The van der Waals surface area contributed by atoms with Crippen LogP contribution in [0.5, 0.6) is 0 Å². The van der Waals surface area contributed by atoms with E-state index >= 15 is 0 Å². The van der Waals surface area contributed by atoms with Crippen LogP contribution in [0.2, 0.25) is 0 Å². The summed E-state index contributed by atoms with van der Waals surface area (Å²) in [7, 11) is 0. The maximum absolute atomic E-state index is 11.1. The molecule has 3 nitrogen and oxygen atoms in total. The molecule has 0 bridgehead atoms. The standard InChI is InChI=1S/C15H22O3/c1-9(13(16)17)10-4-6-14(2)7-5-12-15(3,18-12)11(14)8-10/h10-12H,1,4-8H2,2-3H3,(H,16,17)/t10-,11-,12-,14+,15+/m1/s1. The third kappa shape index (κ3) is 1.56. The molecule has 1 N–H and O–H groups in total. The molecule has 1 saturated heterocycles. The Morgan fingerprint density at radius 3 is 2.67 bits per heavy atom. The Morgan fingerprint density at radius 1 is 1.33 bits per heavy atom. The molecule has 18 heavy (non-hydrogen) atoms. The van der Waals surface area contributed by atoms with Gasteiger partial charge in [0.05, 0.1) is 11.7 Å². The molecule has 3 heteroatoms. The summed E-state index contributed by atoms with van der Waals surface area (Å²) in [6.45, 7) is 8.33. The fraction of sp³-hybridized carbons (Fsp3) is 0.800. The van der Waals surface area contributed by atoms with E-state index in [1.165, 1.54) is 12.8 Å². The molecule has 0 aromatic carbocycles. The lowest BCUT2D eigenvalue weighted by atomic mass is 9.54. The van der Waals surface area contributed by atoms with E-state index in [9.17, 15) is 4.79 Å². The van der Waals surface area contributed by atoms with Gasteiger partial charge in [-0.3, -0.25) is 0 Å². The van der Waals surface area contributed by atoms with E-state index < -0.39 is 5.97 Å². The van der Waals surface area contributed by atoms with Crippen molar-refractivity contribution in [2.24, 2.45) is 17.3 Å². The van der Waals surface area contributed by atoms with Gasteiger partial charge in [-0.25, -0.2) is 4.79 Å². The lowest BCUT2D eigenvalue weighted by Gasteiger charge is -2.49. The highest BCUT2D eigenvalue weighted by Crippen LogP contribution is 2.63. The molecule has 100 valence electrons. The molecule has 0 radical (unpaired) electrons. The first-order chi connectivity index (χ1) is 8.37. The zero-order chi connectivity index (χ0) is 13.1. The van der Waals surface area contributed by atoms with Crippen LogP contribution in [0, 0.1) is 17.3 Å². The lowest BCUT2D eigenvalue weighted by molar-refractivity contribution is -0.133. The molecule has 0 aromatic rings. The Morgan fingerprint density at radius 2 is 2.00 bits per heavy atom. The quantitative estimate of drug-likeness (QED) is 0.605. The molecular formula is C15H22O3. The minimum absolute atomic E-state index is 0.0183. The molecule has 0 aromatic heterocycles. The molecule has 3 aliphatic rings. The minimum atomic E-state index is -0.835. The number of carbonyl (C=O) groups is 1. The number of aliphatic carboxylic acids is 1. The van der Waals surface area contributed by atoms with Gasteiger partial charge in [-0.05, 0) is 56.3 Å². The highest BCUT2D eigenvalue weighted by atomic mass is 16.6. The van der Waals surface area contributed by atoms with Gasteiger partial charge in [0, 0.05) is 5.57 Å². The smallest absolute Gasteiger partial charge is 0.331 e. The summed E-state index contributed by atoms with van der Waals surface area (Å²) >= 11 is 0. The zero-order valence-electron chi connectivity index (χ0n) is 11.2. The fourth-order valence-electron chi connectivity index (χ4n) is 4.47. The molecule has 3 fully saturated rings. The summed E-state index contributed by atoms with van der Waals surface area (Å²) in [5, 5.41) is 9.10. The third-order valence-corrected chi connectivity index (χ3v) is 5.84. The Balaban J connectivity index is 1.82. The highest BCUT2D eigenvalue weighted by Gasteiger charge is 2.66. The van der Waals surface area contributed by atoms with E-state index in [-0.39, 0.29) is 11.5 Å². The summed E-state index contributed by atoms with van der Waals surface area (Å²) in [6.07, 6.45) is 5.85. The fourth-order valence-corrected chi connectivity index (χ4v) is 4.47. The van der Waals surface area contributed by atoms with Crippen molar-refractivity contribution in [2.45, 2.75) is 57.7 Å². The van der Waals surface area contributed by atoms with Crippen molar-refractivity contribution in [3.05, 3.63) is 12.2 Å². The van der Waals surface area contributed by atoms with Gasteiger partial charge in [-0.2, -0.15) is 0 Å². The van der Waals surface area contributed by atoms with E-state index in [0.717, 1.165) is 19.3 Å². The van der Waals surface area contributed by atoms with Gasteiger partial charge in [-0.15, -0.1) is 0 Å². The van der Waals surface area contributed by atoms with Crippen LogP contribution in [-0.2, 0) is 9.53 Å². The van der Waals surface area contributed by atoms with Gasteiger partial charge in [0.15, 0.2) is 0 Å². The van der Waals surface area contributed by atoms with Crippen molar-refractivity contribution < 1.29 is 14.6 Å². The molecule has 2 saturated carbocycles. The Kier molecular flexibility index (Phi) is 2.44. The first kappa shape index (κ1) is 12.2. The summed E-state index contributed by atoms with van der Waals surface area (Å²) in [5.41, 5.74) is 0.755. The largest absolute Gasteiger partial charge is 0.478 e. The van der Waals surface area contributed by atoms with E-state index in [0.29, 0.717) is 23.0 Å². The molecule has 5 atom stereocenters. The number of epoxide rings is 1. The number of carboxylic acid groups (broad SMARTS) is 1. The Labute approximate surface area is 108 Å². The van der Waals surface area contributed by atoms with Crippen LogP contribution >= 0.6 is 0 Å². The van der Waals surface area contributed by atoms with Crippen LogP contribution in [0.15, 0.2) is 12.2 Å². The maximum atomic E-state index is 11.1. The Hall–Kier alpha value is -0.830. The number of hydrogen-bond acceptors (Lipinski definition) is 2. The Bertz CT molecular complexity index is 416. The van der Waals surface area contributed by atoms with Crippen LogP contribution in [0.1, 0.15) is 46.0 Å². The summed E-state index contributed by atoms with van der Waals surface area (Å²) in [4.78, 5) is 11.1. The van der Waals surface area contributed by atoms with Gasteiger partial charge in [0.1, 0.15) is 0 Å². The second-order valence-electron chi connectivity index (χ2n) is 6.84. The first-order valence-corrected chi connectivity index (χ1v) is 6.97. The lowest BCUT2D eigenvalue weighted by Crippen LogP contribution is -2.46. The van der Waals surface area contributed by atoms with Crippen molar-refractivity contribution >= 4 is 5.97 Å². The molecule has 2 aliphatic carbocycles. The van der Waals surface area contributed by atoms with Gasteiger partial charge in [0.2, 0.25) is 0 Å². The predicted molar refractivity (Wildman–Crippen MR) is 68.2 cm³/mol. The summed E-state index contributed by atoms with van der Waals surface area (Å²) in [5.74, 6) is -0.197. The molecule has 0 spiro atoms. The SMILES string of the molecule is C=C(C(=O)O)[C@@H]1CC[C@@]2(C)CC[C@H]3O[C@@]3(C)[C@@H]2C1. The molecule has 0 unspecified atom stereocenters. The maximum Gasteiger partial charge on any atom is 0.331 e. The van der Waals surface area contributed by atoms with E-state index in [2.05, 4.69) is 20.4 Å². The van der Waals surface area contributed by atoms with Gasteiger partial charge < -0.3 is 9.84 Å². The van der Waals surface area contributed by atoms with Crippen molar-refractivity contribution in [3.8, 4) is 0 Å². The summed E-state index contributed by atoms with van der Waals surface area (Å²) < 4.78 is 5.91. The van der Waals surface area contributed by atoms with Crippen molar-refractivity contribution in [3.63, 3.8) is 0 Å². The van der Waals surface area contributed by atoms with Gasteiger partial charge in [0.25, 0.3) is 0 Å². The van der Waals surface area contributed by atoms with Crippen LogP contribution in [0.3, 0.4) is 0 Å². The van der Waals surface area contributed by atoms with Crippen LogP contribution in [-0.4, -0.2) is 22.8 Å². The molecule has 3 rings (SSSR count). The molecule has 1 heterocycles. The molecular weight excluding hydrogens is 228 g/mol. The zero-order valence-corrected chi connectivity index (χ0v) is 11.2. The number of carboxylic acids is 1. The van der Waals surface area contributed by atoms with Crippen LogP contribution in [0.25, 0.3) is 0 Å². The number of hydrogen-bond donors (Lipinski definition) is 1. The van der Waals surface area contributed by atoms with E-state index in [1.807, 2.05) is 0 Å². The van der Waals surface area contributed by atoms with Crippen molar-refractivity contribution in [2.75, 3.05) is 0 Å². The summed E-state index contributed by atoms with van der Waals surface area (Å²) in [6, 6.07) is 0. The first-order valence-electron chi connectivity index (χ1n) is 6.97. The predicted octanol–water partition coefficient (Wildman–Crippen LogP) is 3.00. The number of fused-ring (bicyclic) bond motifs is 3.